The van der Waals surface area contributed by atoms with Crippen LogP contribution in [0.1, 0.15) is 6.92 Å². The van der Waals surface area contributed by atoms with Crippen molar-refractivity contribution >= 4 is 13.3 Å². The number of carbonyl (C=O) groups excluding carboxylic acids is 1. The molecule has 0 aliphatic rings. The van der Waals surface area contributed by atoms with E-state index in [2.05, 4.69) is 4.65 Å². The van der Waals surface area contributed by atoms with Gasteiger partial charge in [0.15, 0.2) is 0 Å². The Bertz CT molecular complexity index is 263. The third kappa shape index (κ3) is 13.1. The molecule has 0 bridgehead atoms. The van der Waals surface area contributed by atoms with Gasteiger partial charge in [0.1, 0.15) is 0 Å². The maximum absolute atomic E-state index is 10.0. The average Bonchev–Trinajstić information content (AvgIpc) is 2.03. The van der Waals surface area contributed by atoms with Crippen molar-refractivity contribution in [2.75, 3.05) is 0 Å². The Hall–Kier alpha value is -0.902. The molecule has 1 aromatic rings. The summed E-state index contributed by atoms with van der Waals surface area (Å²) in [6.45, 7) is 0.972. The van der Waals surface area contributed by atoms with Crippen LogP contribution in [-0.2, 0) is 24.3 Å². The van der Waals surface area contributed by atoms with Gasteiger partial charge in [0.2, 0.25) is 0 Å². The zero-order valence-corrected chi connectivity index (χ0v) is 11.2. The van der Waals surface area contributed by atoms with Crippen LogP contribution in [0.25, 0.3) is 0 Å². The van der Waals surface area contributed by atoms with E-state index in [1.807, 2.05) is 0 Å². The fraction of sp³-hybridized carbons (Fsp3) is 0.125. The zero-order valence-electron chi connectivity index (χ0n) is 8.25. The van der Waals surface area contributed by atoms with Crippen molar-refractivity contribution < 1.29 is 44.1 Å². The van der Waals surface area contributed by atoms with E-state index in [0.29, 0.717) is 5.75 Å². The molecule has 0 saturated heterocycles. The number of hydrogen-bond donors (Lipinski definition) is 1. The molecule has 7 heteroatoms. The molecule has 0 radical (unpaired) electrons. The van der Waals surface area contributed by atoms with E-state index in [4.69, 9.17) is 14.9 Å². The molecule has 0 aliphatic carbocycles. The fourth-order valence-electron chi connectivity index (χ4n) is 0.615. The van der Waals surface area contributed by atoms with Gasteiger partial charge in [-0.1, -0.05) is 18.2 Å². The minimum Gasteiger partial charge on any atom is -0.820 e. The number of carboxylic acids is 1. The van der Waals surface area contributed by atoms with Gasteiger partial charge in [-0.3, -0.25) is 0 Å². The molecule has 0 aliphatic heterocycles. The summed E-state index contributed by atoms with van der Waals surface area (Å²) in [5.74, 6) is -0.704. The Kier molecular flexibility index (Phi) is 10.6. The van der Waals surface area contributed by atoms with E-state index in [9.17, 15) is 5.02 Å². The summed E-state index contributed by atoms with van der Waals surface area (Å²) in [7, 11) is -1.98. The number of hydrogen-bond acceptors (Lipinski definition) is 5. The third-order valence-corrected chi connectivity index (χ3v) is 0.980. The molecule has 0 aromatic heterocycles. The molecule has 1 aromatic carbocycles. The van der Waals surface area contributed by atoms with Crippen molar-refractivity contribution in [1.82, 2.24) is 0 Å². The molecule has 0 saturated carbocycles. The second kappa shape index (κ2) is 9.65. The minimum absolute atomic E-state index is 0. The molecule has 15 heavy (non-hydrogen) atoms. The molecule has 1 rings (SSSR count). The van der Waals surface area contributed by atoms with E-state index >= 15 is 0 Å². The zero-order chi connectivity index (χ0) is 11.0. The molecular formula is C8H9BO5Zn. The molecule has 0 atom stereocenters. The number of para-hydroxylation sites is 1. The smallest absolute Gasteiger partial charge is 0.820 e. The van der Waals surface area contributed by atoms with Gasteiger partial charge in [0.05, 0.1) is 5.75 Å². The van der Waals surface area contributed by atoms with Gasteiger partial charge in [0, 0.05) is 5.97 Å². The Morgan fingerprint density at radius 1 is 1.40 bits per heavy atom. The van der Waals surface area contributed by atoms with Gasteiger partial charge in [-0.2, -0.15) is 0 Å². The number of rotatable bonds is 2. The summed E-state index contributed by atoms with van der Waals surface area (Å²) in [6.07, 6.45) is 0. The van der Waals surface area contributed by atoms with Crippen molar-refractivity contribution in [1.29, 1.82) is 0 Å². The van der Waals surface area contributed by atoms with Crippen LogP contribution in [0.2, 0.25) is 0 Å². The van der Waals surface area contributed by atoms with Crippen molar-refractivity contribution in [2.45, 2.75) is 6.92 Å². The largest absolute Gasteiger partial charge is 2.00 e. The Morgan fingerprint density at radius 2 is 1.80 bits per heavy atom. The summed E-state index contributed by atoms with van der Waals surface area (Å²) in [5, 5.41) is 27.1. The quantitative estimate of drug-likeness (QED) is 0.631. The fourth-order valence-corrected chi connectivity index (χ4v) is 0.615. The van der Waals surface area contributed by atoms with Crippen molar-refractivity contribution in [3.8, 4) is 5.75 Å². The molecular weight excluding hydrogens is 252 g/mol. The first-order valence-electron chi connectivity index (χ1n) is 3.75. The Balaban J connectivity index is 0. The molecule has 0 unspecified atom stereocenters. The summed E-state index contributed by atoms with van der Waals surface area (Å²) >= 11 is 0. The summed E-state index contributed by atoms with van der Waals surface area (Å²) in [6, 6.07) is 8.43. The summed E-state index contributed by atoms with van der Waals surface area (Å²) < 4.78 is 4.41. The van der Waals surface area contributed by atoms with Gasteiger partial charge in [0.25, 0.3) is 0 Å². The topological polar surface area (TPSA) is 92.7 Å². The maximum atomic E-state index is 10.0. The van der Waals surface area contributed by atoms with Gasteiger partial charge < -0.3 is 24.6 Å². The Labute approximate surface area is 101 Å². The van der Waals surface area contributed by atoms with Crippen LogP contribution in [0.5, 0.6) is 5.75 Å². The molecule has 0 amide bonds. The van der Waals surface area contributed by atoms with Crippen LogP contribution in [0, 0.1) is 0 Å². The molecule has 76 valence electrons. The first kappa shape index (κ1) is 16.5. The van der Waals surface area contributed by atoms with E-state index in [1.54, 1.807) is 30.3 Å². The van der Waals surface area contributed by atoms with Crippen molar-refractivity contribution in [2.24, 2.45) is 0 Å². The third-order valence-electron chi connectivity index (χ3n) is 0.980. The number of carboxylic acid groups (broad SMARTS) is 1. The maximum Gasteiger partial charge on any atom is 2.00 e. The molecule has 0 fully saturated rings. The van der Waals surface area contributed by atoms with Gasteiger partial charge in [-0.05, 0) is 19.1 Å². The predicted octanol–water partition coefficient (Wildman–Crippen LogP) is -1.84. The first-order chi connectivity index (χ1) is 6.52. The SMILES string of the molecule is CC(=O)[O-].[O-]B(O)Oc1ccccc1.[Zn+2]. The van der Waals surface area contributed by atoms with Crippen LogP contribution in [-0.4, -0.2) is 18.3 Å². The number of carbonyl (C=O) groups is 1. The monoisotopic (exact) mass is 260 g/mol. The molecule has 5 nitrogen and oxygen atoms in total. The molecule has 1 N–H and O–H groups in total. The van der Waals surface area contributed by atoms with E-state index in [-0.39, 0.29) is 19.5 Å². The minimum atomic E-state index is -1.98. The van der Waals surface area contributed by atoms with Crippen LogP contribution in [0.3, 0.4) is 0 Å². The Morgan fingerprint density at radius 3 is 2.13 bits per heavy atom. The standard InChI is InChI=1S/C6H6BO3.C2H4O2.Zn/c8-7(9)10-6-4-2-1-3-5-6;1-2(3)4;/h1-5,8H;1H3,(H,3,4);/q-1;;+2/p-1. The van der Waals surface area contributed by atoms with Crippen LogP contribution in [0.15, 0.2) is 30.3 Å². The molecule has 0 spiro atoms. The second-order valence-corrected chi connectivity index (χ2v) is 2.23. The predicted molar refractivity (Wildman–Crippen MR) is 45.7 cm³/mol. The van der Waals surface area contributed by atoms with E-state index in [0.717, 1.165) is 6.92 Å². The first-order valence-corrected chi connectivity index (χ1v) is 3.75. The second-order valence-electron chi connectivity index (χ2n) is 2.23. The van der Waals surface area contributed by atoms with Crippen LogP contribution < -0.4 is 14.8 Å². The van der Waals surface area contributed by atoms with E-state index < -0.39 is 13.3 Å². The summed E-state index contributed by atoms with van der Waals surface area (Å²) in [5.41, 5.74) is 0. The van der Waals surface area contributed by atoms with Crippen LogP contribution in [0.4, 0.5) is 0 Å². The normalized spacial score (nSPS) is 7.67. The van der Waals surface area contributed by atoms with E-state index in [1.165, 1.54) is 0 Å². The summed E-state index contributed by atoms with van der Waals surface area (Å²) in [4.78, 5) is 8.89. The number of aliphatic carboxylic acids is 1. The van der Waals surface area contributed by atoms with Gasteiger partial charge in [-0.15, -0.1) is 0 Å². The van der Waals surface area contributed by atoms with Crippen LogP contribution >= 0.6 is 0 Å². The van der Waals surface area contributed by atoms with Crippen molar-refractivity contribution in [3.63, 3.8) is 0 Å². The van der Waals surface area contributed by atoms with Crippen molar-refractivity contribution in [3.05, 3.63) is 30.3 Å². The van der Waals surface area contributed by atoms with Gasteiger partial charge >= 0.3 is 26.8 Å². The average molecular weight is 261 g/mol. The number of benzene rings is 1. The van der Waals surface area contributed by atoms with Gasteiger partial charge in [-0.25, -0.2) is 0 Å². The molecule has 0 heterocycles.